The lowest BCUT2D eigenvalue weighted by Gasteiger charge is -2.35. The van der Waals surface area contributed by atoms with Crippen molar-refractivity contribution in [3.8, 4) is 0 Å². The third kappa shape index (κ3) is 3.96. The second-order valence-corrected chi connectivity index (χ2v) is 5.71. The number of aromatic nitrogens is 3. The molecule has 3 heterocycles. The smallest absolute Gasteiger partial charge is 0.243 e. The summed E-state index contributed by atoms with van der Waals surface area (Å²) in [5, 5.41) is 10.7. The van der Waals surface area contributed by atoms with Crippen LogP contribution in [0.2, 0.25) is 0 Å². The van der Waals surface area contributed by atoms with Gasteiger partial charge in [0.05, 0.1) is 31.0 Å². The molecule has 0 spiro atoms. The van der Waals surface area contributed by atoms with E-state index in [1.54, 1.807) is 12.3 Å². The topological polar surface area (TPSA) is 85.4 Å². The van der Waals surface area contributed by atoms with Gasteiger partial charge in [0.15, 0.2) is 0 Å². The summed E-state index contributed by atoms with van der Waals surface area (Å²) in [5.74, 6) is 0.265. The van der Waals surface area contributed by atoms with Crippen molar-refractivity contribution in [2.45, 2.75) is 32.5 Å². The summed E-state index contributed by atoms with van der Waals surface area (Å²) in [4.78, 5) is 14.5. The highest BCUT2D eigenvalue weighted by Crippen LogP contribution is 2.14. The van der Waals surface area contributed by atoms with Gasteiger partial charge in [-0.05, 0) is 19.9 Å². The number of nitrogens with one attached hydrogen (secondary N) is 1. The number of carbonyl (C=O) groups is 1. The van der Waals surface area contributed by atoms with Crippen LogP contribution >= 0.6 is 0 Å². The van der Waals surface area contributed by atoms with E-state index in [-0.39, 0.29) is 18.1 Å². The van der Waals surface area contributed by atoms with Crippen LogP contribution in [-0.2, 0) is 16.1 Å². The molecule has 2 atom stereocenters. The first-order chi connectivity index (χ1) is 11.1. The first-order valence-electron chi connectivity index (χ1n) is 7.69. The highest BCUT2D eigenvalue weighted by Gasteiger charge is 2.28. The molecule has 0 saturated carbocycles. The molecule has 1 fully saturated rings. The van der Waals surface area contributed by atoms with Gasteiger partial charge < -0.3 is 9.26 Å². The Hall–Kier alpha value is -2.19. The number of aryl methyl sites for hydroxylation is 1. The standard InChI is InChI=1S/C15H21N5O3/c1-11-8-14(23-18-11)17-15(21)12(2)19-6-7-22-13(9-19)10-20-5-3-4-16-20/h3-5,8,12-13H,6-7,9-10H2,1-2H3,(H,17,21)/t12-,13-/m1/s1. The zero-order valence-corrected chi connectivity index (χ0v) is 13.3. The van der Waals surface area contributed by atoms with Crippen molar-refractivity contribution in [3.63, 3.8) is 0 Å². The summed E-state index contributed by atoms with van der Waals surface area (Å²) in [6, 6.07) is 3.31. The maximum Gasteiger partial charge on any atom is 0.243 e. The first kappa shape index (κ1) is 15.7. The molecule has 0 unspecified atom stereocenters. The van der Waals surface area contributed by atoms with E-state index in [1.165, 1.54) is 0 Å². The number of hydrogen-bond donors (Lipinski definition) is 1. The minimum Gasteiger partial charge on any atom is -0.374 e. The lowest BCUT2D eigenvalue weighted by atomic mass is 10.2. The van der Waals surface area contributed by atoms with Crippen molar-refractivity contribution < 1.29 is 14.1 Å². The van der Waals surface area contributed by atoms with Gasteiger partial charge >= 0.3 is 0 Å². The average Bonchev–Trinajstić information content (AvgIpc) is 3.18. The van der Waals surface area contributed by atoms with Crippen LogP contribution in [0.3, 0.4) is 0 Å². The van der Waals surface area contributed by atoms with Gasteiger partial charge in [0.1, 0.15) is 0 Å². The zero-order valence-electron chi connectivity index (χ0n) is 13.3. The molecule has 1 saturated heterocycles. The van der Waals surface area contributed by atoms with Crippen molar-refractivity contribution >= 4 is 11.8 Å². The number of anilines is 1. The number of nitrogens with zero attached hydrogens (tertiary/aromatic N) is 4. The maximum absolute atomic E-state index is 12.3. The molecule has 8 nitrogen and oxygen atoms in total. The second-order valence-electron chi connectivity index (χ2n) is 5.71. The van der Waals surface area contributed by atoms with Crippen LogP contribution in [0, 0.1) is 6.92 Å². The minimum atomic E-state index is -0.274. The Bertz CT molecular complexity index is 639. The first-order valence-corrected chi connectivity index (χ1v) is 7.69. The van der Waals surface area contributed by atoms with Gasteiger partial charge in [-0.1, -0.05) is 5.16 Å². The quantitative estimate of drug-likeness (QED) is 0.881. The van der Waals surface area contributed by atoms with E-state index in [2.05, 4.69) is 20.5 Å². The van der Waals surface area contributed by atoms with E-state index in [9.17, 15) is 4.79 Å². The monoisotopic (exact) mass is 319 g/mol. The molecular weight excluding hydrogens is 298 g/mol. The normalized spacial score (nSPS) is 20.3. The van der Waals surface area contributed by atoms with Gasteiger partial charge in [0, 0.05) is 31.5 Å². The van der Waals surface area contributed by atoms with Crippen LogP contribution in [0.4, 0.5) is 5.88 Å². The van der Waals surface area contributed by atoms with E-state index < -0.39 is 0 Å². The summed E-state index contributed by atoms with van der Waals surface area (Å²) in [7, 11) is 0. The van der Waals surface area contributed by atoms with Crippen molar-refractivity contribution in [1.29, 1.82) is 0 Å². The van der Waals surface area contributed by atoms with Crippen molar-refractivity contribution in [3.05, 3.63) is 30.2 Å². The fourth-order valence-corrected chi connectivity index (χ4v) is 2.64. The Balaban J connectivity index is 1.55. The molecule has 0 radical (unpaired) electrons. The van der Waals surface area contributed by atoms with Gasteiger partial charge in [-0.2, -0.15) is 5.10 Å². The van der Waals surface area contributed by atoms with Gasteiger partial charge in [-0.3, -0.25) is 19.7 Å². The molecule has 3 rings (SSSR count). The van der Waals surface area contributed by atoms with E-state index in [4.69, 9.17) is 9.26 Å². The molecule has 8 heteroatoms. The fourth-order valence-electron chi connectivity index (χ4n) is 2.64. The molecule has 0 bridgehead atoms. The molecule has 0 aromatic carbocycles. The average molecular weight is 319 g/mol. The van der Waals surface area contributed by atoms with E-state index >= 15 is 0 Å². The SMILES string of the molecule is Cc1cc(NC(=O)[C@@H](C)N2CCO[C@@H](Cn3cccn3)C2)on1. The lowest BCUT2D eigenvalue weighted by molar-refractivity contribution is -0.124. The zero-order chi connectivity index (χ0) is 16.2. The third-order valence-electron chi connectivity index (χ3n) is 3.92. The Morgan fingerprint density at radius 1 is 1.57 bits per heavy atom. The Morgan fingerprint density at radius 3 is 3.13 bits per heavy atom. The van der Waals surface area contributed by atoms with Crippen LogP contribution in [0.1, 0.15) is 12.6 Å². The number of amides is 1. The van der Waals surface area contributed by atoms with E-state index in [0.29, 0.717) is 25.6 Å². The molecule has 1 amide bonds. The summed E-state index contributed by atoms with van der Waals surface area (Å²) < 4.78 is 12.6. The van der Waals surface area contributed by atoms with Crippen LogP contribution in [0.25, 0.3) is 0 Å². The summed E-state index contributed by atoms with van der Waals surface area (Å²) >= 11 is 0. The molecule has 2 aromatic heterocycles. The van der Waals surface area contributed by atoms with E-state index in [1.807, 2.05) is 30.8 Å². The Morgan fingerprint density at radius 2 is 2.43 bits per heavy atom. The van der Waals surface area contributed by atoms with Crippen LogP contribution < -0.4 is 5.32 Å². The third-order valence-corrected chi connectivity index (χ3v) is 3.92. The lowest BCUT2D eigenvalue weighted by Crippen LogP contribution is -2.51. The number of rotatable bonds is 5. The number of hydrogen-bond acceptors (Lipinski definition) is 6. The Kier molecular flexibility index (Phi) is 4.73. The van der Waals surface area contributed by atoms with Crippen LogP contribution in [0.15, 0.2) is 29.0 Å². The molecule has 124 valence electrons. The van der Waals surface area contributed by atoms with Crippen molar-refractivity contribution in [2.24, 2.45) is 0 Å². The van der Waals surface area contributed by atoms with Crippen molar-refractivity contribution in [2.75, 3.05) is 25.0 Å². The predicted octanol–water partition coefficient (Wildman–Crippen LogP) is 0.908. The largest absolute Gasteiger partial charge is 0.374 e. The van der Waals surface area contributed by atoms with Crippen LogP contribution in [0.5, 0.6) is 0 Å². The minimum absolute atomic E-state index is 0.0198. The van der Waals surface area contributed by atoms with Gasteiger partial charge in [-0.15, -0.1) is 0 Å². The molecule has 2 aromatic rings. The molecule has 1 aliphatic heterocycles. The number of morpholine rings is 1. The van der Waals surface area contributed by atoms with Crippen molar-refractivity contribution in [1.82, 2.24) is 19.8 Å². The van der Waals surface area contributed by atoms with E-state index in [0.717, 1.165) is 12.2 Å². The predicted molar refractivity (Wildman–Crippen MR) is 82.9 cm³/mol. The highest BCUT2D eigenvalue weighted by atomic mass is 16.5. The Labute approximate surface area is 134 Å². The van der Waals surface area contributed by atoms with Gasteiger partial charge in [0.25, 0.3) is 0 Å². The summed E-state index contributed by atoms with van der Waals surface area (Å²) in [6.07, 6.45) is 3.67. The molecule has 0 aliphatic carbocycles. The molecule has 1 aliphatic rings. The summed E-state index contributed by atoms with van der Waals surface area (Å²) in [6.45, 7) is 6.38. The number of carbonyl (C=O) groups excluding carboxylic acids is 1. The summed E-state index contributed by atoms with van der Waals surface area (Å²) in [5.41, 5.74) is 0.735. The number of ether oxygens (including phenoxy) is 1. The molecular formula is C15H21N5O3. The van der Waals surface area contributed by atoms with Crippen LogP contribution in [-0.4, -0.2) is 57.6 Å². The second kappa shape index (κ2) is 6.93. The molecule has 23 heavy (non-hydrogen) atoms. The highest BCUT2D eigenvalue weighted by molar-refractivity contribution is 5.93. The maximum atomic E-state index is 12.3. The molecule has 1 N–H and O–H groups in total. The van der Waals surface area contributed by atoms with Gasteiger partial charge in [-0.25, -0.2) is 0 Å². The van der Waals surface area contributed by atoms with Gasteiger partial charge in [0.2, 0.25) is 11.8 Å². The fraction of sp³-hybridized carbons (Fsp3) is 0.533.